The van der Waals surface area contributed by atoms with Gasteiger partial charge in [0.15, 0.2) is 0 Å². The molecule has 0 bridgehead atoms. The lowest BCUT2D eigenvalue weighted by molar-refractivity contribution is -0.140. The number of carbonyl (C=O) groups is 2. The van der Waals surface area contributed by atoms with Gasteiger partial charge in [0.25, 0.3) is 5.91 Å². The molecule has 0 aliphatic heterocycles. The van der Waals surface area contributed by atoms with Crippen molar-refractivity contribution >= 4 is 17.6 Å². The molecule has 0 aliphatic rings. The van der Waals surface area contributed by atoms with E-state index in [0.717, 1.165) is 28.1 Å². The van der Waals surface area contributed by atoms with Crippen molar-refractivity contribution in [3.8, 4) is 22.4 Å². The Kier molecular flexibility index (Phi) is 10.9. The topological polar surface area (TPSA) is 101 Å². The first kappa shape index (κ1) is 31.7. The Morgan fingerprint density at radius 1 is 0.930 bits per heavy atom. The molecule has 4 aromatic rings. The summed E-state index contributed by atoms with van der Waals surface area (Å²) in [7, 11) is 0. The number of anilines is 1. The van der Waals surface area contributed by atoms with Crippen LogP contribution >= 0.6 is 0 Å². The molecule has 1 amide bonds. The Labute approximate surface area is 252 Å². The fourth-order valence-electron chi connectivity index (χ4n) is 5.55. The average Bonchev–Trinajstić information content (AvgIpc) is 3.33. The average molecular weight is 587 g/mol. The number of para-hydroxylation sites is 1. The molecule has 0 radical (unpaired) electrons. The molecule has 1 aromatic heterocycles. The monoisotopic (exact) mass is 586 g/mol. The first-order valence-electron chi connectivity index (χ1n) is 14.6. The summed E-state index contributed by atoms with van der Waals surface area (Å²) in [4.78, 5) is 25.5. The van der Waals surface area contributed by atoms with E-state index in [9.17, 15) is 24.2 Å². The van der Waals surface area contributed by atoms with Crippen molar-refractivity contribution in [1.29, 1.82) is 0 Å². The number of aliphatic hydroxyl groups is 1. The molecule has 7 nitrogen and oxygen atoms in total. The Bertz CT molecular complexity index is 1500. The number of hydrogen-bond acceptors (Lipinski definition) is 4. The third-order valence-corrected chi connectivity index (χ3v) is 7.31. The lowest BCUT2D eigenvalue weighted by atomic mass is 9.94. The normalized spacial score (nSPS) is 12.7. The van der Waals surface area contributed by atoms with Crippen LogP contribution in [0.4, 0.5) is 10.1 Å². The van der Waals surface area contributed by atoms with Crippen molar-refractivity contribution in [2.24, 2.45) is 0 Å². The Morgan fingerprint density at radius 3 is 2.14 bits per heavy atom. The summed E-state index contributed by atoms with van der Waals surface area (Å²) in [5.41, 5.74) is 4.98. The molecule has 0 saturated heterocycles. The number of carboxylic acids is 1. The third-order valence-electron chi connectivity index (χ3n) is 7.31. The second-order valence-corrected chi connectivity index (χ2v) is 10.8. The second-order valence-electron chi connectivity index (χ2n) is 10.8. The van der Waals surface area contributed by atoms with E-state index in [1.807, 2.05) is 74.5 Å². The van der Waals surface area contributed by atoms with Crippen LogP contribution in [0.25, 0.3) is 22.4 Å². The van der Waals surface area contributed by atoms with Gasteiger partial charge in [-0.05, 0) is 66.8 Å². The summed E-state index contributed by atoms with van der Waals surface area (Å²) in [6, 6.07) is 25.1. The van der Waals surface area contributed by atoms with Crippen LogP contribution < -0.4 is 5.32 Å². The number of nitrogens with one attached hydrogen (secondary N) is 1. The molecule has 2 unspecified atom stereocenters. The van der Waals surface area contributed by atoms with Crippen LogP contribution in [0.15, 0.2) is 84.9 Å². The van der Waals surface area contributed by atoms with Crippen LogP contribution in [0.2, 0.25) is 0 Å². The van der Waals surface area contributed by atoms with E-state index in [1.165, 1.54) is 12.1 Å². The molecule has 3 aromatic carbocycles. The number of carboxylic acid groups (broad SMARTS) is 1. The Morgan fingerprint density at radius 2 is 1.56 bits per heavy atom. The molecule has 1 heterocycles. The van der Waals surface area contributed by atoms with E-state index in [0.29, 0.717) is 30.8 Å². The number of nitrogens with zero attached hydrogens (tertiary/aromatic N) is 1. The largest absolute Gasteiger partial charge is 0.481 e. The highest BCUT2D eigenvalue weighted by Crippen LogP contribution is 2.42. The molecule has 0 fully saturated rings. The standard InChI is InChI=1S/C35H39FN2O5/c1-4-43-29(22-30(40)41)21-28(39)19-20-38-33(23(2)3)32(35(42)37-27-13-9-6-10-14-27)31(24-11-7-5-8-12-24)34(38)25-15-17-26(36)18-16-25/h5-18,23,28-29,39H,4,19-22H2,1-3H3,(H,37,42)(H,40,41). The molecule has 8 heteroatoms. The van der Waals surface area contributed by atoms with E-state index in [4.69, 9.17) is 4.74 Å². The minimum absolute atomic E-state index is 0.0893. The summed E-state index contributed by atoms with van der Waals surface area (Å²) >= 11 is 0. The van der Waals surface area contributed by atoms with Crippen LogP contribution in [-0.4, -0.2) is 45.5 Å². The second kappa shape index (κ2) is 14.8. The lowest BCUT2D eigenvalue weighted by Crippen LogP contribution is -2.25. The molecule has 4 rings (SSSR count). The molecule has 0 aliphatic carbocycles. The van der Waals surface area contributed by atoms with Crippen molar-refractivity contribution < 1.29 is 28.9 Å². The molecular weight excluding hydrogens is 547 g/mol. The van der Waals surface area contributed by atoms with Crippen molar-refractivity contribution in [3.63, 3.8) is 0 Å². The van der Waals surface area contributed by atoms with Gasteiger partial charge < -0.3 is 24.8 Å². The number of rotatable bonds is 14. The summed E-state index contributed by atoms with van der Waals surface area (Å²) in [6.07, 6.45) is -1.21. The highest BCUT2D eigenvalue weighted by molar-refractivity contribution is 6.12. The summed E-state index contributed by atoms with van der Waals surface area (Å²) in [6.45, 7) is 6.50. The van der Waals surface area contributed by atoms with Crippen molar-refractivity contribution in [3.05, 3.63) is 102 Å². The zero-order valence-electron chi connectivity index (χ0n) is 24.8. The molecule has 43 heavy (non-hydrogen) atoms. The summed E-state index contributed by atoms with van der Waals surface area (Å²) < 4.78 is 21.7. The molecule has 2 atom stereocenters. The maximum absolute atomic E-state index is 14.1. The van der Waals surface area contributed by atoms with E-state index in [1.54, 1.807) is 19.1 Å². The van der Waals surface area contributed by atoms with Crippen molar-refractivity contribution in [1.82, 2.24) is 4.57 Å². The zero-order valence-corrected chi connectivity index (χ0v) is 24.8. The highest BCUT2D eigenvalue weighted by Gasteiger charge is 2.31. The SMILES string of the molecule is CCOC(CC(=O)O)CC(O)CCn1c(-c2ccc(F)cc2)c(-c2ccccc2)c(C(=O)Nc2ccccc2)c1C(C)C. The number of amides is 1. The van der Waals surface area contributed by atoms with Gasteiger partial charge in [0, 0.05) is 36.5 Å². The van der Waals surface area contributed by atoms with Crippen LogP contribution in [0.5, 0.6) is 0 Å². The third kappa shape index (κ3) is 7.97. The number of carbonyl (C=O) groups excluding carboxylic acids is 1. The highest BCUT2D eigenvalue weighted by atomic mass is 19.1. The number of aliphatic carboxylic acids is 1. The summed E-state index contributed by atoms with van der Waals surface area (Å²) in [5, 5.41) is 23.4. The number of halogens is 1. The van der Waals surface area contributed by atoms with Crippen LogP contribution in [0.3, 0.4) is 0 Å². The van der Waals surface area contributed by atoms with Gasteiger partial charge in [0.05, 0.1) is 29.9 Å². The summed E-state index contributed by atoms with van der Waals surface area (Å²) in [5.74, 6) is -1.72. The van der Waals surface area contributed by atoms with Gasteiger partial charge in [-0.3, -0.25) is 9.59 Å². The molecule has 3 N–H and O–H groups in total. The van der Waals surface area contributed by atoms with Gasteiger partial charge >= 0.3 is 5.97 Å². The van der Waals surface area contributed by atoms with Crippen molar-refractivity contribution in [2.45, 2.75) is 64.7 Å². The van der Waals surface area contributed by atoms with E-state index < -0.39 is 18.2 Å². The predicted octanol–water partition coefficient (Wildman–Crippen LogP) is 7.36. The van der Waals surface area contributed by atoms with Gasteiger partial charge in [0.1, 0.15) is 5.82 Å². The van der Waals surface area contributed by atoms with E-state index in [-0.39, 0.29) is 30.5 Å². The van der Waals surface area contributed by atoms with E-state index >= 15 is 0 Å². The van der Waals surface area contributed by atoms with Gasteiger partial charge in [-0.15, -0.1) is 0 Å². The van der Waals surface area contributed by atoms with E-state index in [2.05, 4.69) is 9.88 Å². The van der Waals surface area contributed by atoms with Crippen molar-refractivity contribution in [2.75, 3.05) is 11.9 Å². The number of aliphatic hydroxyl groups excluding tert-OH is 1. The number of ether oxygens (including phenoxy) is 1. The lowest BCUT2D eigenvalue weighted by Gasteiger charge is -2.21. The fraction of sp³-hybridized carbons (Fsp3) is 0.314. The first-order chi connectivity index (χ1) is 20.7. The van der Waals surface area contributed by atoms with Gasteiger partial charge in [-0.1, -0.05) is 62.4 Å². The maximum atomic E-state index is 14.1. The quantitative estimate of drug-likeness (QED) is 0.143. The molecule has 0 spiro atoms. The van der Waals surface area contributed by atoms with Crippen LogP contribution in [0, 0.1) is 5.82 Å². The molecule has 0 saturated carbocycles. The minimum atomic E-state index is -0.988. The number of benzene rings is 3. The Balaban J connectivity index is 1.87. The zero-order chi connectivity index (χ0) is 30.9. The van der Waals surface area contributed by atoms with Gasteiger partial charge in [0.2, 0.25) is 0 Å². The maximum Gasteiger partial charge on any atom is 0.305 e. The number of hydrogen-bond donors (Lipinski definition) is 3. The smallest absolute Gasteiger partial charge is 0.305 e. The fourth-order valence-corrected chi connectivity index (χ4v) is 5.55. The predicted molar refractivity (Wildman–Crippen MR) is 167 cm³/mol. The first-order valence-corrected chi connectivity index (χ1v) is 14.6. The van der Waals surface area contributed by atoms with Crippen LogP contribution in [-0.2, 0) is 16.1 Å². The molecule has 226 valence electrons. The molecular formula is C35H39FN2O5. The minimum Gasteiger partial charge on any atom is -0.481 e. The Hall–Kier alpha value is -4.27. The van der Waals surface area contributed by atoms with Gasteiger partial charge in [-0.25, -0.2) is 4.39 Å². The number of aromatic nitrogens is 1. The van der Waals surface area contributed by atoms with Gasteiger partial charge in [-0.2, -0.15) is 0 Å². The van der Waals surface area contributed by atoms with Crippen LogP contribution in [0.1, 0.15) is 62.0 Å².